The zero-order valence-electron chi connectivity index (χ0n) is 20.9. The first-order valence-corrected chi connectivity index (χ1v) is 15.1. The third-order valence-electron chi connectivity index (χ3n) is 8.81. The van der Waals surface area contributed by atoms with Gasteiger partial charge in [-0.25, -0.2) is 8.42 Å². The number of piperidine rings is 2. The second-order valence-electron chi connectivity index (χ2n) is 11.9. The second-order valence-corrected chi connectivity index (χ2v) is 14.2. The molecule has 6 rings (SSSR count). The van der Waals surface area contributed by atoms with E-state index in [2.05, 4.69) is 52.8 Å². The molecule has 1 unspecified atom stereocenters. The van der Waals surface area contributed by atoms with E-state index in [1.54, 1.807) is 0 Å². The van der Waals surface area contributed by atoms with Crippen LogP contribution in [-0.2, 0) is 14.6 Å². The highest BCUT2D eigenvalue weighted by atomic mass is 32.2. The number of hydrogen-bond donors (Lipinski definition) is 0. The van der Waals surface area contributed by atoms with E-state index >= 15 is 0 Å². The largest absolute Gasteiger partial charge is 0.372 e. The van der Waals surface area contributed by atoms with Gasteiger partial charge in [-0.05, 0) is 80.0 Å². The second kappa shape index (κ2) is 9.36. The smallest absolute Gasteiger partial charge is 0.222 e. The molecule has 7 heteroatoms. The summed E-state index contributed by atoms with van der Waals surface area (Å²) >= 11 is 0. The predicted molar refractivity (Wildman–Crippen MR) is 138 cm³/mol. The van der Waals surface area contributed by atoms with Gasteiger partial charge >= 0.3 is 0 Å². The number of anilines is 2. The standard InChI is InChI=1S/C27H41N3O3S/c1-27(2)17-22-18-29(26(31)16-21-10-14-34(32,33)15-11-21)20-25(27)30(19-22)24-8-6-23(7-9-24)28-12-4-3-5-13-28/h6-9,21-22,25H,3-5,10-20H2,1-2H3/t22?,25-/m1/s1. The molecule has 6 nitrogen and oxygen atoms in total. The zero-order valence-corrected chi connectivity index (χ0v) is 21.7. The van der Waals surface area contributed by atoms with Crippen molar-refractivity contribution in [2.24, 2.45) is 17.3 Å². The molecule has 188 valence electrons. The molecular weight excluding hydrogens is 446 g/mol. The molecule has 5 aliphatic heterocycles. The van der Waals surface area contributed by atoms with Crippen LogP contribution in [0.15, 0.2) is 24.3 Å². The van der Waals surface area contributed by atoms with Gasteiger partial charge in [0.15, 0.2) is 0 Å². The fraction of sp³-hybridized carbons (Fsp3) is 0.741. The lowest BCUT2D eigenvalue weighted by Crippen LogP contribution is -2.54. The summed E-state index contributed by atoms with van der Waals surface area (Å²) in [6, 6.07) is 9.44. The van der Waals surface area contributed by atoms with Crippen molar-refractivity contribution in [2.75, 3.05) is 54.0 Å². The van der Waals surface area contributed by atoms with Gasteiger partial charge in [-0.15, -0.1) is 0 Å². The number of sulfone groups is 1. The van der Waals surface area contributed by atoms with E-state index in [1.807, 2.05) is 0 Å². The number of benzene rings is 1. The maximum Gasteiger partial charge on any atom is 0.222 e. The van der Waals surface area contributed by atoms with Gasteiger partial charge in [0.05, 0.1) is 17.5 Å². The Bertz CT molecular complexity index is 971. The molecule has 1 amide bonds. The average Bonchev–Trinajstić information content (AvgIpc) is 3.08. The average molecular weight is 488 g/mol. The molecule has 0 aliphatic carbocycles. The number of carbonyl (C=O) groups is 1. The topological polar surface area (TPSA) is 60.9 Å². The zero-order chi connectivity index (χ0) is 23.9. The molecule has 0 radical (unpaired) electrons. The minimum Gasteiger partial charge on any atom is -0.372 e. The maximum atomic E-state index is 13.3. The lowest BCUT2D eigenvalue weighted by Gasteiger charge is -2.48. The number of hydrogen-bond acceptors (Lipinski definition) is 5. The molecule has 0 saturated carbocycles. The molecule has 5 saturated heterocycles. The Labute approximate surface area is 205 Å². The van der Waals surface area contributed by atoms with Gasteiger partial charge in [-0.1, -0.05) is 13.8 Å². The monoisotopic (exact) mass is 487 g/mol. The Morgan fingerprint density at radius 2 is 1.59 bits per heavy atom. The third-order valence-corrected chi connectivity index (χ3v) is 10.5. The Kier molecular flexibility index (Phi) is 6.60. The highest BCUT2D eigenvalue weighted by molar-refractivity contribution is 7.91. The van der Waals surface area contributed by atoms with Gasteiger partial charge in [0.2, 0.25) is 5.91 Å². The number of rotatable bonds is 4. The predicted octanol–water partition coefficient (Wildman–Crippen LogP) is 3.96. The fourth-order valence-electron chi connectivity index (χ4n) is 6.85. The molecule has 2 atom stereocenters. The minimum atomic E-state index is -2.89. The van der Waals surface area contributed by atoms with Crippen molar-refractivity contribution in [1.29, 1.82) is 0 Å². The van der Waals surface area contributed by atoms with Crippen molar-refractivity contribution >= 4 is 27.1 Å². The lowest BCUT2D eigenvalue weighted by atomic mass is 9.73. The molecule has 5 fully saturated rings. The number of carbonyl (C=O) groups excluding carboxylic acids is 1. The number of amides is 1. The van der Waals surface area contributed by atoms with E-state index in [9.17, 15) is 13.2 Å². The van der Waals surface area contributed by atoms with Gasteiger partial charge < -0.3 is 14.7 Å². The minimum absolute atomic E-state index is 0.141. The van der Waals surface area contributed by atoms with Crippen molar-refractivity contribution in [3.63, 3.8) is 0 Å². The van der Waals surface area contributed by atoms with Crippen LogP contribution in [0.2, 0.25) is 0 Å². The molecule has 34 heavy (non-hydrogen) atoms. The fourth-order valence-corrected chi connectivity index (χ4v) is 8.44. The molecule has 1 aromatic rings. The number of fused-ring (bicyclic) bond motifs is 4. The summed E-state index contributed by atoms with van der Waals surface area (Å²) in [5, 5.41) is 0. The summed E-state index contributed by atoms with van der Waals surface area (Å²) in [5.41, 5.74) is 2.74. The maximum absolute atomic E-state index is 13.3. The molecule has 5 aliphatic rings. The Morgan fingerprint density at radius 1 is 0.941 bits per heavy atom. The van der Waals surface area contributed by atoms with Crippen LogP contribution in [-0.4, -0.2) is 69.5 Å². The summed E-state index contributed by atoms with van der Waals surface area (Å²) in [6.45, 7) is 9.63. The van der Waals surface area contributed by atoms with Crippen LogP contribution in [0.3, 0.4) is 0 Å². The van der Waals surface area contributed by atoms with Gasteiger partial charge in [-0.2, -0.15) is 0 Å². The van der Waals surface area contributed by atoms with Crippen molar-refractivity contribution in [3.8, 4) is 0 Å². The molecule has 0 N–H and O–H groups in total. The van der Waals surface area contributed by atoms with E-state index in [1.165, 1.54) is 30.6 Å². The lowest BCUT2D eigenvalue weighted by molar-refractivity contribution is -0.132. The highest BCUT2D eigenvalue weighted by Gasteiger charge is 2.46. The summed E-state index contributed by atoms with van der Waals surface area (Å²) in [4.78, 5) is 20.5. The first-order valence-electron chi connectivity index (χ1n) is 13.3. The van der Waals surface area contributed by atoms with Gasteiger partial charge in [0, 0.05) is 50.5 Å². The normalized spacial score (nSPS) is 29.2. The summed E-state index contributed by atoms with van der Waals surface area (Å²) in [5.74, 6) is 1.38. The summed E-state index contributed by atoms with van der Waals surface area (Å²) in [6.07, 6.45) is 6.82. The molecule has 0 spiro atoms. The third kappa shape index (κ3) is 5.09. The van der Waals surface area contributed by atoms with Crippen LogP contribution in [0.1, 0.15) is 58.8 Å². The van der Waals surface area contributed by atoms with Crippen molar-refractivity contribution in [3.05, 3.63) is 24.3 Å². The van der Waals surface area contributed by atoms with Crippen LogP contribution >= 0.6 is 0 Å². The first-order chi connectivity index (χ1) is 16.2. The van der Waals surface area contributed by atoms with Gasteiger partial charge in [0.25, 0.3) is 0 Å². The van der Waals surface area contributed by atoms with Crippen LogP contribution in [0.5, 0.6) is 0 Å². The van der Waals surface area contributed by atoms with E-state index in [0.29, 0.717) is 31.2 Å². The van der Waals surface area contributed by atoms with Crippen LogP contribution in [0.4, 0.5) is 11.4 Å². The van der Waals surface area contributed by atoms with Gasteiger partial charge in [0.1, 0.15) is 9.84 Å². The first kappa shape index (κ1) is 24.0. The van der Waals surface area contributed by atoms with Gasteiger partial charge in [-0.3, -0.25) is 4.79 Å². The van der Waals surface area contributed by atoms with E-state index in [-0.39, 0.29) is 28.7 Å². The summed E-state index contributed by atoms with van der Waals surface area (Å²) < 4.78 is 23.5. The summed E-state index contributed by atoms with van der Waals surface area (Å²) in [7, 11) is -2.89. The quantitative estimate of drug-likeness (QED) is 0.644. The van der Waals surface area contributed by atoms with E-state index in [4.69, 9.17) is 0 Å². The molecule has 0 aromatic heterocycles. The Balaban J connectivity index is 1.28. The highest BCUT2D eigenvalue weighted by Crippen LogP contribution is 2.43. The van der Waals surface area contributed by atoms with Crippen LogP contribution < -0.4 is 9.80 Å². The van der Waals surface area contributed by atoms with Crippen molar-refractivity contribution in [2.45, 2.75) is 64.8 Å². The van der Waals surface area contributed by atoms with Crippen molar-refractivity contribution in [1.82, 2.24) is 4.90 Å². The van der Waals surface area contributed by atoms with Crippen LogP contribution in [0, 0.1) is 17.3 Å². The Hall–Kier alpha value is -1.76. The van der Waals surface area contributed by atoms with E-state index in [0.717, 1.165) is 39.1 Å². The molecule has 5 heterocycles. The molecular formula is C27H41N3O3S. The SMILES string of the molecule is CC1(C)CC2CN(C(=O)CC3CCS(=O)(=O)CC3)C[C@H]1N(c1ccc(N3CCCCC3)cc1)C2. The molecule has 1 aromatic carbocycles. The number of nitrogens with zero attached hydrogens (tertiary/aromatic N) is 3. The van der Waals surface area contributed by atoms with Crippen molar-refractivity contribution < 1.29 is 13.2 Å². The Morgan fingerprint density at radius 3 is 2.26 bits per heavy atom. The van der Waals surface area contributed by atoms with E-state index < -0.39 is 9.84 Å². The van der Waals surface area contributed by atoms with Crippen LogP contribution in [0.25, 0.3) is 0 Å². The molecule has 2 bridgehead atoms.